The number of nitrogens with one attached hydrogen (secondary N) is 1. The summed E-state index contributed by atoms with van der Waals surface area (Å²) >= 11 is 14.0. The molecule has 0 amide bonds. The van der Waals surface area contributed by atoms with Gasteiger partial charge in [0, 0.05) is 17.0 Å². The maximum atomic E-state index is 6.41. The molecule has 1 heterocycles. The normalized spacial score (nSPS) is 13.4. The minimum atomic E-state index is -0.0789. The van der Waals surface area contributed by atoms with Gasteiger partial charge in [0.25, 0.3) is 0 Å². The van der Waals surface area contributed by atoms with Crippen LogP contribution in [0, 0.1) is 0 Å². The molecule has 2 aromatic rings. The lowest BCUT2D eigenvalue weighted by molar-refractivity contribution is 0.349. The molecule has 114 valence electrons. The Morgan fingerprint density at radius 2 is 1.86 bits per heavy atom. The SMILES string of the molecule is CCCNC(c1cc(Cl)sc1Cl)C(C)(C)c1ccccc1. The van der Waals surface area contributed by atoms with Crippen molar-refractivity contribution in [3.05, 3.63) is 56.2 Å². The van der Waals surface area contributed by atoms with Crippen molar-refractivity contribution in [1.82, 2.24) is 5.32 Å². The van der Waals surface area contributed by atoms with Crippen LogP contribution >= 0.6 is 34.5 Å². The summed E-state index contributed by atoms with van der Waals surface area (Å²) in [7, 11) is 0. The summed E-state index contributed by atoms with van der Waals surface area (Å²) in [4.78, 5) is 0. The van der Waals surface area contributed by atoms with Crippen molar-refractivity contribution in [2.75, 3.05) is 6.54 Å². The van der Waals surface area contributed by atoms with E-state index < -0.39 is 0 Å². The highest BCUT2D eigenvalue weighted by atomic mass is 35.5. The molecule has 0 saturated carbocycles. The third-order valence-corrected chi connectivity index (χ3v) is 5.35. The number of benzene rings is 1. The predicted octanol–water partition coefficient (Wildman–Crippen LogP) is 6.07. The molecule has 0 aliphatic carbocycles. The Morgan fingerprint density at radius 1 is 1.19 bits per heavy atom. The summed E-state index contributed by atoms with van der Waals surface area (Å²) in [5.74, 6) is 0. The Morgan fingerprint density at radius 3 is 2.38 bits per heavy atom. The van der Waals surface area contributed by atoms with Gasteiger partial charge in [-0.05, 0) is 24.6 Å². The molecule has 0 aliphatic heterocycles. The standard InChI is InChI=1S/C17H21Cl2NS/c1-4-10-20-15(13-11-14(18)21-16(13)19)17(2,3)12-8-6-5-7-9-12/h5-9,11,15,20H,4,10H2,1-3H3. The molecular formula is C17H21Cl2NS. The summed E-state index contributed by atoms with van der Waals surface area (Å²) in [5.41, 5.74) is 2.30. The van der Waals surface area contributed by atoms with Gasteiger partial charge in [0.2, 0.25) is 0 Å². The van der Waals surface area contributed by atoms with E-state index in [-0.39, 0.29) is 11.5 Å². The smallest absolute Gasteiger partial charge is 0.0992 e. The van der Waals surface area contributed by atoms with E-state index in [9.17, 15) is 0 Å². The fourth-order valence-corrected chi connectivity index (χ4v) is 4.16. The highest BCUT2D eigenvalue weighted by Gasteiger charge is 2.34. The number of rotatable bonds is 6. The van der Waals surface area contributed by atoms with Crippen molar-refractivity contribution in [2.45, 2.75) is 38.6 Å². The van der Waals surface area contributed by atoms with Gasteiger partial charge in [-0.25, -0.2) is 0 Å². The fourth-order valence-electron chi connectivity index (χ4n) is 2.63. The molecule has 0 spiro atoms. The Hall–Kier alpha value is -0.540. The Bertz CT molecular complexity index is 578. The van der Waals surface area contributed by atoms with Gasteiger partial charge < -0.3 is 5.32 Å². The van der Waals surface area contributed by atoms with Gasteiger partial charge in [-0.1, -0.05) is 74.3 Å². The van der Waals surface area contributed by atoms with Crippen LogP contribution in [-0.4, -0.2) is 6.54 Å². The van der Waals surface area contributed by atoms with Crippen LogP contribution in [0.25, 0.3) is 0 Å². The van der Waals surface area contributed by atoms with E-state index >= 15 is 0 Å². The first kappa shape index (κ1) is 16.8. The lowest BCUT2D eigenvalue weighted by Crippen LogP contribution is -2.37. The number of halogens is 2. The van der Waals surface area contributed by atoms with E-state index in [1.165, 1.54) is 16.9 Å². The van der Waals surface area contributed by atoms with E-state index in [0.717, 1.165) is 27.2 Å². The zero-order valence-corrected chi connectivity index (χ0v) is 14.9. The van der Waals surface area contributed by atoms with Gasteiger partial charge in [-0.3, -0.25) is 0 Å². The molecule has 21 heavy (non-hydrogen) atoms. The zero-order valence-electron chi connectivity index (χ0n) is 12.6. The highest BCUT2D eigenvalue weighted by molar-refractivity contribution is 7.20. The van der Waals surface area contributed by atoms with Gasteiger partial charge in [-0.15, -0.1) is 11.3 Å². The van der Waals surface area contributed by atoms with Gasteiger partial charge in [-0.2, -0.15) is 0 Å². The van der Waals surface area contributed by atoms with Crippen LogP contribution in [0.4, 0.5) is 0 Å². The molecule has 0 aliphatic rings. The number of thiophene rings is 1. The van der Waals surface area contributed by atoms with E-state index in [1.807, 2.05) is 12.1 Å². The molecule has 1 unspecified atom stereocenters. The topological polar surface area (TPSA) is 12.0 Å². The van der Waals surface area contributed by atoms with Gasteiger partial charge >= 0.3 is 0 Å². The van der Waals surface area contributed by atoms with E-state index in [1.54, 1.807) is 0 Å². The largest absolute Gasteiger partial charge is 0.309 e. The zero-order chi connectivity index (χ0) is 15.5. The Kier molecular flexibility index (Phi) is 5.73. The van der Waals surface area contributed by atoms with Crippen molar-refractivity contribution in [2.24, 2.45) is 0 Å². The lowest BCUT2D eigenvalue weighted by atomic mass is 9.75. The summed E-state index contributed by atoms with van der Waals surface area (Å²) in [6, 6.07) is 12.7. The Balaban J connectivity index is 2.42. The lowest BCUT2D eigenvalue weighted by Gasteiger charge is -2.36. The first-order valence-electron chi connectivity index (χ1n) is 7.20. The molecule has 0 fully saturated rings. The van der Waals surface area contributed by atoms with Crippen LogP contribution in [-0.2, 0) is 5.41 Å². The second-order valence-corrected chi connectivity index (χ2v) is 8.04. The average molecular weight is 342 g/mol. The average Bonchev–Trinajstić information content (AvgIpc) is 2.79. The molecule has 0 bridgehead atoms. The van der Waals surface area contributed by atoms with Crippen LogP contribution in [0.2, 0.25) is 8.67 Å². The Labute approximate surface area is 141 Å². The molecule has 2 rings (SSSR count). The quantitative estimate of drug-likeness (QED) is 0.671. The minimum absolute atomic E-state index is 0.0789. The van der Waals surface area contributed by atoms with Crippen molar-refractivity contribution in [3.8, 4) is 0 Å². The van der Waals surface area contributed by atoms with E-state index in [2.05, 4.69) is 50.4 Å². The molecule has 1 nitrogen and oxygen atoms in total. The van der Waals surface area contributed by atoms with Crippen molar-refractivity contribution in [1.29, 1.82) is 0 Å². The number of hydrogen-bond donors (Lipinski definition) is 1. The van der Waals surface area contributed by atoms with Crippen molar-refractivity contribution >= 4 is 34.5 Å². The predicted molar refractivity (Wildman–Crippen MR) is 94.8 cm³/mol. The fraction of sp³-hybridized carbons (Fsp3) is 0.412. The van der Waals surface area contributed by atoms with Crippen LogP contribution < -0.4 is 5.32 Å². The van der Waals surface area contributed by atoms with Crippen LogP contribution in [0.15, 0.2) is 36.4 Å². The summed E-state index contributed by atoms with van der Waals surface area (Å²) in [6.45, 7) is 7.61. The molecule has 0 saturated heterocycles. The molecule has 1 aromatic carbocycles. The molecular weight excluding hydrogens is 321 g/mol. The highest BCUT2D eigenvalue weighted by Crippen LogP contribution is 2.43. The molecule has 1 atom stereocenters. The van der Waals surface area contributed by atoms with Crippen LogP contribution in [0.3, 0.4) is 0 Å². The maximum absolute atomic E-state index is 6.41. The second kappa shape index (κ2) is 7.15. The van der Waals surface area contributed by atoms with Crippen molar-refractivity contribution < 1.29 is 0 Å². The summed E-state index contributed by atoms with van der Waals surface area (Å²) < 4.78 is 1.51. The molecule has 1 N–H and O–H groups in total. The number of hydrogen-bond acceptors (Lipinski definition) is 2. The third-order valence-electron chi connectivity index (χ3n) is 3.83. The summed E-state index contributed by atoms with van der Waals surface area (Å²) in [6.07, 6.45) is 1.08. The van der Waals surface area contributed by atoms with Gasteiger partial charge in [0.15, 0.2) is 0 Å². The van der Waals surface area contributed by atoms with Crippen LogP contribution in [0.1, 0.15) is 44.4 Å². The first-order valence-corrected chi connectivity index (χ1v) is 8.77. The van der Waals surface area contributed by atoms with E-state index in [4.69, 9.17) is 23.2 Å². The van der Waals surface area contributed by atoms with Gasteiger partial charge in [0.1, 0.15) is 0 Å². The monoisotopic (exact) mass is 341 g/mol. The van der Waals surface area contributed by atoms with E-state index in [0.29, 0.717) is 0 Å². The minimum Gasteiger partial charge on any atom is -0.309 e. The molecule has 1 aromatic heterocycles. The van der Waals surface area contributed by atoms with Crippen LogP contribution in [0.5, 0.6) is 0 Å². The third kappa shape index (κ3) is 3.81. The molecule has 4 heteroatoms. The second-order valence-electron chi connectivity index (χ2n) is 5.75. The maximum Gasteiger partial charge on any atom is 0.0992 e. The van der Waals surface area contributed by atoms with Gasteiger partial charge in [0.05, 0.1) is 8.67 Å². The first-order chi connectivity index (χ1) is 9.96. The van der Waals surface area contributed by atoms with Crippen molar-refractivity contribution in [3.63, 3.8) is 0 Å². The molecule has 0 radical (unpaired) electrons. The summed E-state index contributed by atoms with van der Waals surface area (Å²) in [5, 5.41) is 3.64.